The minimum Gasteiger partial charge on any atom is -0.355 e. The average molecular weight is 541 g/mol. The molecule has 12 heteroatoms. The second-order valence-corrected chi connectivity index (χ2v) is 9.90. The Morgan fingerprint density at radius 1 is 1.13 bits per heavy atom. The van der Waals surface area contributed by atoms with Crippen LogP contribution in [0, 0.1) is 6.92 Å². The van der Waals surface area contributed by atoms with Crippen LogP contribution in [0.5, 0.6) is 0 Å². The van der Waals surface area contributed by atoms with E-state index in [4.69, 9.17) is 0 Å². The molecule has 5 rings (SSSR count). The number of aryl methyl sites for hydroxylation is 1. The van der Waals surface area contributed by atoms with Crippen molar-refractivity contribution in [1.82, 2.24) is 20.3 Å². The SMILES string of the molecule is CNC(=O)c1csc2c(N3CC[C@@H](c4cc(C(=O)Nc5cncc(C(F)(F)F)c5)ccc4C)C3)ncnc12. The summed E-state index contributed by atoms with van der Waals surface area (Å²) in [6.45, 7) is 3.35. The smallest absolute Gasteiger partial charge is 0.355 e. The third-order valence-electron chi connectivity index (χ3n) is 6.60. The van der Waals surface area contributed by atoms with Crippen molar-refractivity contribution in [3.8, 4) is 0 Å². The van der Waals surface area contributed by atoms with Gasteiger partial charge in [-0.2, -0.15) is 13.2 Å². The predicted molar refractivity (Wildman–Crippen MR) is 139 cm³/mol. The number of alkyl halides is 3. The number of hydrogen-bond acceptors (Lipinski definition) is 7. The summed E-state index contributed by atoms with van der Waals surface area (Å²) in [7, 11) is 1.58. The number of halogens is 3. The van der Waals surface area contributed by atoms with Crippen molar-refractivity contribution in [3.63, 3.8) is 0 Å². The maximum atomic E-state index is 13.0. The summed E-state index contributed by atoms with van der Waals surface area (Å²) in [4.78, 5) is 39.6. The molecule has 1 aliphatic rings. The molecule has 1 atom stereocenters. The number of nitrogens with one attached hydrogen (secondary N) is 2. The van der Waals surface area contributed by atoms with Crippen molar-refractivity contribution in [2.24, 2.45) is 0 Å². The number of amides is 2. The van der Waals surface area contributed by atoms with Gasteiger partial charge in [-0.3, -0.25) is 14.6 Å². The molecule has 1 aliphatic heterocycles. The van der Waals surface area contributed by atoms with Crippen molar-refractivity contribution >= 4 is 44.9 Å². The van der Waals surface area contributed by atoms with E-state index in [0.29, 0.717) is 29.4 Å². The summed E-state index contributed by atoms with van der Waals surface area (Å²) in [5.74, 6) is 0.162. The second-order valence-electron chi connectivity index (χ2n) is 9.02. The Hall–Kier alpha value is -4.06. The molecular weight excluding hydrogens is 517 g/mol. The lowest BCUT2D eigenvalue weighted by Crippen LogP contribution is -2.21. The number of carbonyl (C=O) groups excluding carboxylic acids is 2. The Kier molecular flexibility index (Phi) is 6.74. The number of rotatable bonds is 5. The summed E-state index contributed by atoms with van der Waals surface area (Å²) in [5.41, 5.74) is 2.51. The van der Waals surface area contributed by atoms with Gasteiger partial charge in [-0.15, -0.1) is 11.3 Å². The molecule has 8 nitrogen and oxygen atoms in total. The van der Waals surface area contributed by atoms with Gasteiger partial charge in [0.25, 0.3) is 11.8 Å². The van der Waals surface area contributed by atoms with E-state index >= 15 is 0 Å². The second kappa shape index (κ2) is 10.0. The molecule has 4 aromatic rings. The molecule has 2 N–H and O–H groups in total. The Morgan fingerprint density at radius 3 is 2.71 bits per heavy atom. The van der Waals surface area contributed by atoms with E-state index in [1.165, 1.54) is 23.9 Å². The number of carbonyl (C=O) groups is 2. The normalized spacial score (nSPS) is 15.6. The molecule has 2 amide bonds. The van der Waals surface area contributed by atoms with E-state index in [1.807, 2.05) is 13.0 Å². The fourth-order valence-corrected chi connectivity index (χ4v) is 5.67. The van der Waals surface area contributed by atoms with Gasteiger partial charge < -0.3 is 15.5 Å². The van der Waals surface area contributed by atoms with Gasteiger partial charge in [-0.1, -0.05) is 6.07 Å². The highest BCUT2D eigenvalue weighted by molar-refractivity contribution is 7.18. The number of hydrogen-bond donors (Lipinski definition) is 2. The minimum absolute atomic E-state index is 0.0289. The molecule has 1 saturated heterocycles. The largest absolute Gasteiger partial charge is 0.417 e. The molecule has 0 bridgehead atoms. The number of aromatic nitrogens is 3. The first-order valence-electron chi connectivity index (χ1n) is 11.8. The van der Waals surface area contributed by atoms with Crippen LogP contribution in [-0.4, -0.2) is 46.9 Å². The predicted octanol–water partition coefficient (Wildman–Crippen LogP) is 5.02. The zero-order chi connectivity index (χ0) is 27.0. The van der Waals surface area contributed by atoms with Gasteiger partial charge in [0, 0.05) is 43.2 Å². The maximum Gasteiger partial charge on any atom is 0.417 e. The Labute approximate surface area is 219 Å². The monoisotopic (exact) mass is 540 g/mol. The molecule has 38 heavy (non-hydrogen) atoms. The van der Waals surface area contributed by atoms with Crippen LogP contribution in [0.2, 0.25) is 0 Å². The molecule has 196 valence electrons. The zero-order valence-electron chi connectivity index (χ0n) is 20.5. The highest BCUT2D eigenvalue weighted by Crippen LogP contribution is 2.37. The number of anilines is 2. The summed E-state index contributed by atoms with van der Waals surface area (Å²) < 4.78 is 39.9. The van der Waals surface area contributed by atoms with E-state index in [-0.39, 0.29) is 17.5 Å². The van der Waals surface area contributed by atoms with Gasteiger partial charge >= 0.3 is 6.18 Å². The molecule has 3 aromatic heterocycles. The third kappa shape index (κ3) is 4.91. The first kappa shape index (κ1) is 25.6. The van der Waals surface area contributed by atoms with Crippen molar-refractivity contribution in [2.45, 2.75) is 25.4 Å². The summed E-state index contributed by atoms with van der Waals surface area (Å²) in [5, 5.41) is 6.93. The zero-order valence-corrected chi connectivity index (χ0v) is 21.3. The lowest BCUT2D eigenvalue weighted by molar-refractivity contribution is -0.137. The fourth-order valence-electron chi connectivity index (χ4n) is 4.65. The van der Waals surface area contributed by atoms with Crippen molar-refractivity contribution in [3.05, 3.63) is 76.2 Å². The number of nitrogens with zero attached hydrogens (tertiary/aromatic N) is 4. The van der Waals surface area contributed by atoms with Crippen LogP contribution in [0.25, 0.3) is 10.2 Å². The number of thiophene rings is 1. The van der Waals surface area contributed by atoms with Gasteiger partial charge in [-0.05, 0) is 42.7 Å². The standard InChI is InChI=1S/C26H23F3N6O2S/c1-14-3-4-15(24(36)34-18-8-17(9-31-10-18)26(27,28)29)7-19(14)16-5-6-35(11-16)23-22-21(32-13-33-23)20(12-38-22)25(37)30-2/h3-4,7-10,12-13,16H,5-6,11H2,1-2H3,(H,30,37)(H,34,36)/t16-/m1/s1. The van der Waals surface area contributed by atoms with Crippen LogP contribution in [0.4, 0.5) is 24.7 Å². The van der Waals surface area contributed by atoms with Crippen molar-refractivity contribution in [1.29, 1.82) is 0 Å². The first-order valence-corrected chi connectivity index (χ1v) is 12.7. The van der Waals surface area contributed by atoms with Crippen LogP contribution >= 0.6 is 11.3 Å². The Bertz CT molecular complexity index is 1540. The number of fused-ring (bicyclic) bond motifs is 1. The van der Waals surface area contributed by atoms with Crippen LogP contribution < -0.4 is 15.5 Å². The first-order chi connectivity index (χ1) is 18.2. The molecule has 0 unspecified atom stereocenters. The molecule has 0 saturated carbocycles. The van der Waals surface area contributed by atoms with Gasteiger partial charge in [0.1, 0.15) is 12.1 Å². The molecule has 0 radical (unpaired) electrons. The summed E-state index contributed by atoms with van der Waals surface area (Å²) in [6, 6.07) is 6.15. The maximum absolute atomic E-state index is 13.0. The fraction of sp³-hybridized carbons (Fsp3) is 0.269. The molecule has 1 aromatic carbocycles. The number of pyridine rings is 1. The molecule has 0 aliphatic carbocycles. The molecular formula is C26H23F3N6O2S. The highest BCUT2D eigenvalue weighted by Gasteiger charge is 2.31. The van der Waals surface area contributed by atoms with E-state index < -0.39 is 17.6 Å². The lowest BCUT2D eigenvalue weighted by Gasteiger charge is -2.19. The van der Waals surface area contributed by atoms with Gasteiger partial charge in [-0.25, -0.2) is 9.97 Å². The molecule has 1 fully saturated rings. The van der Waals surface area contributed by atoms with Crippen LogP contribution in [0.1, 0.15) is 49.7 Å². The van der Waals surface area contributed by atoms with Crippen LogP contribution in [-0.2, 0) is 6.18 Å². The third-order valence-corrected chi connectivity index (χ3v) is 7.56. The highest BCUT2D eigenvalue weighted by atomic mass is 32.1. The van der Waals surface area contributed by atoms with Gasteiger partial charge in [0.15, 0.2) is 0 Å². The summed E-state index contributed by atoms with van der Waals surface area (Å²) in [6.07, 6.45) is -0.376. The van der Waals surface area contributed by atoms with Crippen molar-refractivity contribution in [2.75, 3.05) is 30.4 Å². The van der Waals surface area contributed by atoms with E-state index in [0.717, 1.165) is 40.7 Å². The summed E-state index contributed by atoms with van der Waals surface area (Å²) >= 11 is 1.43. The number of benzene rings is 1. The lowest BCUT2D eigenvalue weighted by atomic mass is 9.92. The minimum atomic E-state index is -4.55. The van der Waals surface area contributed by atoms with Gasteiger partial charge in [0.05, 0.1) is 33.2 Å². The van der Waals surface area contributed by atoms with E-state index in [2.05, 4.69) is 30.5 Å². The van der Waals surface area contributed by atoms with Crippen LogP contribution in [0.15, 0.2) is 48.4 Å². The quantitative estimate of drug-likeness (QED) is 0.369. The molecule has 0 spiro atoms. The topological polar surface area (TPSA) is 100 Å². The molecule has 4 heterocycles. The van der Waals surface area contributed by atoms with E-state index in [9.17, 15) is 22.8 Å². The van der Waals surface area contributed by atoms with Gasteiger partial charge in [0.2, 0.25) is 0 Å². The van der Waals surface area contributed by atoms with Crippen molar-refractivity contribution < 1.29 is 22.8 Å². The van der Waals surface area contributed by atoms with Crippen LogP contribution in [0.3, 0.4) is 0 Å². The Balaban J connectivity index is 1.36. The average Bonchev–Trinajstić information content (AvgIpc) is 3.56. The Morgan fingerprint density at radius 2 is 1.95 bits per heavy atom. The van der Waals surface area contributed by atoms with E-state index in [1.54, 1.807) is 24.6 Å².